The lowest BCUT2D eigenvalue weighted by molar-refractivity contribution is -0.209. The predicted molar refractivity (Wildman–Crippen MR) is 22.7 cm³/mol. The molecule has 0 N–H and O–H groups in total. The number of carbonyl (C=O) groups is 1. The van der Waals surface area contributed by atoms with Gasteiger partial charge in [-0.25, -0.2) is 0 Å². The van der Waals surface area contributed by atoms with Crippen molar-refractivity contribution in [2.75, 3.05) is 0 Å². The lowest BCUT2D eigenvalue weighted by atomic mass is 10.4. The van der Waals surface area contributed by atoms with E-state index < -0.39 is 12.3 Å². The smallest absolute Gasteiger partial charge is 0.425 e. The quantitative estimate of drug-likeness (QED) is 0.540. The maximum atomic E-state index is 11.4. The molecule has 0 aliphatic carbocycles. The summed E-state index contributed by atoms with van der Waals surface area (Å²) in [5, 5.41) is 0. The molecule has 0 amide bonds. The highest BCUT2D eigenvalue weighted by Gasteiger charge is 2.37. The van der Waals surface area contributed by atoms with Crippen molar-refractivity contribution in [3.8, 4) is 0 Å². The van der Waals surface area contributed by atoms with Crippen LogP contribution in [-0.2, 0) is 9.53 Å². The van der Waals surface area contributed by atoms with E-state index in [-0.39, 0.29) is 6.47 Å². The monoisotopic (exact) mass is 142 g/mol. The molecule has 0 aromatic heterocycles. The molecule has 0 aromatic rings. The minimum Gasteiger partial charge on any atom is -0.455 e. The van der Waals surface area contributed by atoms with E-state index in [0.717, 1.165) is 6.92 Å². The van der Waals surface area contributed by atoms with E-state index in [0.29, 0.717) is 0 Å². The van der Waals surface area contributed by atoms with Crippen molar-refractivity contribution in [3.05, 3.63) is 0 Å². The molecule has 9 heavy (non-hydrogen) atoms. The van der Waals surface area contributed by atoms with Crippen LogP contribution in [0.4, 0.5) is 13.2 Å². The first-order valence-corrected chi connectivity index (χ1v) is 2.14. The minimum atomic E-state index is -4.44. The van der Waals surface area contributed by atoms with Crippen molar-refractivity contribution in [2.45, 2.75) is 19.2 Å². The molecule has 2 nitrogen and oxygen atoms in total. The Morgan fingerprint density at radius 3 is 2.11 bits per heavy atom. The number of hydrogen-bond donors (Lipinski definition) is 0. The fraction of sp³-hybridized carbons (Fsp3) is 0.750. The van der Waals surface area contributed by atoms with Crippen LogP contribution in [0.15, 0.2) is 0 Å². The highest BCUT2D eigenvalue weighted by Crippen LogP contribution is 2.21. The van der Waals surface area contributed by atoms with E-state index in [1.165, 1.54) is 0 Å². The summed E-state index contributed by atoms with van der Waals surface area (Å²) in [6.07, 6.45) is -6.45. The Hall–Kier alpha value is -0.740. The molecule has 0 saturated heterocycles. The Labute approximate surface area is 49.6 Å². The van der Waals surface area contributed by atoms with Crippen molar-refractivity contribution in [3.63, 3.8) is 0 Å². The van der Waals surface area contributed by atoms with Crippen LogP contribution in [0.2, 0.25) is 0 Å². The summed E-state index contributed by atoms with van der Waals surface area (Å²) >= 11 is 0. The minimum absolute atomic E-state index is 0.224. The van der Waals surface area contributed by atoms with Gasteiger partial charge in [0.1, 0.15) is 0 Å². The van der Waals surface area contributed by atoms with Crippen molar-refractivity contribution in [2.24, 2.45) is 0 Å². The first-order valence-electron chi connectivity index (χ1n) is 2.14. The fourth-order valence-electron chi connectivity index (χ4n) is 0.160. The summed E-state index contributed by atoms with van der Waals surface area (Å²) in [6, 6.07) is 0. The highest BCUT2D eigenvalue weighted by molar-refractivity contribution is 5.37. The SMILES string of the molecule is CC(OC=O)C(F)(F)F. The summed E-state index contributed by atoms with van der Waals surface area (Å²) < 4.78 is 37.7. The van der Waals surface area contributed by atoms with Gasteiger partial charge in [-0.2, -0.15) is 13.2 Å². The normalized spacial score (nSPS) is 14.7. The third kappa shape index (κ3) is 2.94. The van der Waals surface area contributed by atoms with E-state index >= 15 is 0 Å². The second-order valence-corrected chi connectivity index (χ2v) is 1.42. The maximum Gasteiger partial charge on any atom is 0.425 e. The van der Waals surface area contributed by atoms with E-state index in [1.54, 1.807) is 0 Å². The summed E-state index contributed by atoms with van der Waals surface area (Å²) in [7, 11) is 0. The van der Waals surface area contributed by atoms with Crippen LogP contribution in [0.5, 0.6) is 0 Å². The molecule has 0 spiro atoms. The third-order valence-corrected chi connectivity index (χ3v) is 0.721. The van der Waals surface area contributed by atoms with Crippen molar-refractivity contribution >= 4 is 6.47 Å². The Morgan fingerprint density at radius 2 is 2.00 bits per heavy atom. The first kappa shape index (κ1) is 8.26. The van der Waals surface area contributed by atoms with Gasteiger partial charge in [0.2, 0.25) is 0 Å². The molecule has 5 heteroatoms. The van der Waals surface area contributed by atoms with Gasteiger partial charge in [-0.1, -0.05) is 0 Å². The molecule has 1 unspecified atom stereocenters. The molecule has 0 aliphatic heterocycles. The third-order valence-electron chi connectivity index (χ3n) is 0.721. The number of rotatable bonds is 2. The Morgan fingerprint density at radius 1 is 1.56 bits per heavy atom. The van der Waals surface area contributed by atoms with E-state index in [1.807, 2.05) is 0 Å². The number of hydrogen-bond acceptors (Lipinski definition) is 2. The van der Waals surface area contributed by atoms with Crippen LogP contribution < -0.4 is 0 Å². The van der Waals surface area contributed by atoms with Crippen molar-refractivity contribution in [1.82, 2.24) is 0 Å². The van der Waals surface area contributed by atoms with Crippen LogP contribution in [0, 0.1) is 0 Å². The van der Waals surface area contributed by atoms with Crippen LogP contribution in [0.1, 0.15) is 6.92 Å². The summed E-state index contributed by atoms with van der Waals surface area (Å²) in [5.74, 6) is 0. The first-order chi connectivity index (χ1) is 3.98. The zero-order valence-corrected chi connectivity index (χ0v) is 4.61. The van der Waals surface area contributed by atoms with Crippen LogP contribution in [-0.4, -0.2) is 18.8 Å². The Bertz CT molecular complexity index is 98.5. The average molecular weight is 142 g/mol. The van der Waals surface area contributed by atoms with E-state index in [9.17, 15) is 18.0 Å². The standard InChI is InChI=1S/C4H5F3O2/c1-3(9-2-8)4(5,6)7/h2-3H,1H3. The zero-order valence-electron chi connectivity index (χ0n) is 4.61. The number of halogens is 3. The van der Waals surface area contributed by atoms with Gasteiger partial charge in [-0.05, 0) is 6.92 Å². The van der Waals surface area contributed by atoms with Crippen molar-refractivity contribution in [1.29, 1.82) is 0 Å². The molecule has 0 heterocycles. The second kappa shape index (κ2) is 2.70. The van der Waals surface area contributed by atoms with E-state index in [2.05, 4.69) is 4.74 Å². The number of alkyl halides is 3. The molecule has 0 aliphatic rings. The van der Waals surface area contributed by atoms with Gasteiger partial charge in [-0.3, -0.25) is 4.79 Å². The molecule has 0 aromatic carbocycles. The van der Waals surface area contributed by atoms with E-state index in [4.69, 9.17) is 0 Å². The summed E-state index contributed by atoms with van der Waals surface area (Å²) in [6.45, 7) is 0.534. The summed E-state index contributed by atoms with van der Waals surface area (Å²) in [4.78, 5) is 9.34. The largest absolute Gasteiger partial charge is 0.455 e. The Kier molecular flexibility index (Phi) is 2.48. The summed E-state index contributed by atoms with van der Waals surface area (Å²) in [5.41, 5.74) is 0. The molecule has 54 valence electrons. The Balaban J connectivity index is 3.72. The van der Waals surface area contributed by atoms with Gasteiger partial charge >= 0.3 is 6.18 Å². The average Bonchev–Trinajstić information content (AvgIpc) is 1.64. The molecule has 1 atom stereocenters. The second-order valence-electron chi connectivity index (χ2n) is 1.42. The van der Waals surface area contributed by atoms with Gasteiger partial charge in [-0.15, -0.1) is 0 Å². The number of carbonyl (C=O) groups excluding carboxylic acids is 1. The topological polar surface area (TPSA) is 26.3 Å². The van der Waals surface area contributed by atoms with Gasteiger partial charge in [0.25, 0.3) is 6.47 Å². The molecule has 0 bridgehead atoms. The van der Waals surface area contributed by atoms with Gasteiger partial charge in [0, 0.05) is 0 Å². The molecular formula is C4H5F3O2. The molecule has 0 saturated carbocycles. The molecule has 0 fully saturated rings. The molecule has 0 radical (unpaired) electrons. The lowest BCUT2D eigenvalue weighted by Crippen LogP contribution is -2.27. The highest BCUT2D eigenvalue weighted by atomic mass is 19.4. The fourth-order valence-corrected chi connectivity index (χ4v) is 0.160. The van der Waals surface area contributed by atoms with Gasteiger partial charge < -0.3 is 4.74 Å². The lowest BCUT2D eigenvalue weighted by Gasteiger charge is -2.12. The molecular weight excluding hydrogens is 137 g/mol. The van der Waals surface area contributed by atoms with Crippen LogP contribution in [0.3, 0.4) is 0 Å². The zero-order chi connectivity index (χ0) is 7.49. The van der Waals surface area contributed by atoms with Crippen molar-refractivity contribution < 1.29 is 22.7 Å². The predicted octanol–water partition coefficient (Wildman–Crippen LogP) is 1.11. The maximum absolute atomic E-state index is 11.4. The van der Waals surface area contributed by atoms with Gasteiger partial charge in [0.15, 0.2) is 6.10 Å². The van der Waals surface area contributed by atoms with Crippen LogP contribution in [0.25, 0.3) is 0 Å². The molecule has 0 rings (SSSR count). The van der Waals surface area contributed by atoms with Gasteiger partial charge in [0.05, 0.1) is 0 Å². The number of ether oxygens (including phenoxy) is 1. The van der Waals surface area contributed by atoms with Crippen LogP contribution >= 0.6 is 0 Å².